The molecular weight excluding hydrogens is 354 g/mol. The van der Waals surface area contributed by atoms with Crippen molar-refractivity contribution in [2.24, 2.45) is 0 Å². The summed E-state index contributed by atoms with van der Waals surface area (Å²) in [6.07, 6.45) is 0.510. The van der Waals surface area contributed by atoms with E-state index in [2.05, 4.69) is 5.32 Å². The third-order valence-corrected chi connectivity index (χ3v) is 4.67. The van der Waals surface area contributed by atoms with Crippen LogP contribution in [0.4, 0.5) is 0 Å². The average molecular weight is 375 g/mol. The van der Waals surface area contributed by atoms with Crippen molar-refractivity contribution in [3.8, 4) is 5.75 Å². The SMILES string of the molecule is COc1ccc(CNC(=O)[C@H](C)OC(=O)c2ccccc2[S@@](C)=O)cc1. The first-order valence-electron chi connectivity index (χ1n) is 7.96. The third-order valence-electron chi connectivity index (χ3n) is 3.70. The minimum absolute atomic E-state index is 0.197. The summed E-state index contributed by atoms with van der Waals surface area (Å²) in [7, 11) is 0.253. The molecule has 0 radical (unpaired) electrons. The molecule has 2 atom stereocenters. The molecule has 0 aliphatic carbocycles. The molecule has 0 bridgehead atoms. The first kappa shape index (κ1) is 19.7. The van der Waals surface area contributed by atoms with Crippen LogP contribution in [0.15, 0.2) is 53.4 Å². The van der Waals surface area contributed by atoms with Gasteiger partial charge in [0.05, 0.1) is 28.4 Å². The Morgan fingerprint density at radius 3 is 2.38 bits per heavy atom. The van der Waals surface area contributed by atoms with Gasteiger partial charge in [-0.25, -0.2) is 4.79 Å². The summed E-state index contributed by atoms with van der Waals surface area (Å²) in [4.78, 5) is 24.8. The zero-order valence-electron chi connectivity index (χ0n) is 14.9. The highest BCUT2D eigenvalue weighted by atomic mass is 32.2. The van der Waals surface area contributed by atoms with Gasteiger partial charge in [-0.2, -0.15) is 0 Å². The Balaban J connectivity index is 1.94. The number of methoxy groups -OCH3 is 1. The van der Waals surface area contributed by atoms with Crippen LogP contribution >= 0.6 is 0 Å². The lowest BCUT2D eigenvalue weighted by molar-refractivity contribution is -0.129. The van der Waals surface area contributed by atoms with E-state index in [0.29, 0.717) is 11.4 Å². The Labute approximate surface area is 155 Å². The molecule has 0 aromatic heterocycles. The lowest BCUT2D eigenvalue weighted by Crippen LogP contribution is -2.35. The van der Waals surface area contributed by atoms with Crippen LogP contribution in [0, 0.1) is 0 Å². The number of carbonyl (C=O) groups is 2. The van der Waals surface area contributed by atoms with Gasteiger partial charge in [0, 0.05) is 12.8 Å². The molecule has 26 heavy (non-hydrogen) atoms. The van der Waals surface area contributed by atoms with Crippen molar-refractivity contribution in [1.82, 2.24) is 5.32 Å². The minimum atomic E-state index is -1.33. The van der Waals surface area contributed by atoms with Gasteiger partial charge in [0.1, 0.15) is 5.75 Å². The summed E-state index contributed by atoms with van der Waals surface area (Å²) >= 11 is 0. The molecule has 7 heteroatoms. The second kappa shape index (κ2) is 9.15. The van der Waals surface area contributed by atoms with Crippen molar-refractivity contribution in [3.05, 3.63) is 59.7 Å². The fourth-order valence-electron chi connectivity index (χ4n) is 2.24. The zero-order chi connectivity index (χ0) is 19.1. The molecule has 1 N–H and O–H groups in total. The number of hydrogen-bond donors (Lipinski definition) is 1. The number of carbonyl (C=O) groups excluding carboxylic acids is 2. The monoisotopic (exact) mass is 375 g/mol. The number of hydrogen-bond acceptors (Lipinski definition) is 5. The highest BCUT2D eigenvalue weighted by molar-refractivity contribution is 7.84. The average Bonchev–Trinajstić information content (AvgIpc) is 2.66. The maximum absolute atomic E-state index is 12.3. The molecule has 0 spiro atoms. The molecular formula is C19H21NO5S. The lowest BCUT2D eigenvalue weighted by atomic mass is 10.2. The second-order valence-electron chi connectivity index (χ2n) is 5.56. The normalized spacial score (nSPS) is 12.7. The molecule has 0 aliphatic heterocycles. The van der Waals surface area contributed by atoms with Crippen LogP contribution < -0.4 is 10.1 Å². The first-order valence-corrected chi connectivity index (χ1v) is 9.52. The summed E-state index contributed by atoms with van der Waals surface area (Å²) in [6.45, 7) is 1.80. The Bertz CT molecular complexity index is 804. The van der Waals surface area contributed by atoms with Gasteiger partial charge >= 0.3 is 5.97 Å². The molecule has 1 amide bonds. The topological polar surface area (TPSA) is 81.7 Å². The van der Waals surface area contributed by atoms with Gasteiger partial charge in [-0.05, 0) is 36.8 Å². The fraction of sp³-hybridized carbons (Fsp3) is 0.263. The highest BCUT2D eigenvalue weighted by Crippen LogP contribution is 2.15. The molecule has 2 rings (SSSR count). The number of ether oxygens (including phenoxy) is 2. The van der Waals surface area contributed by atoms with E-state index in [9.17, 15) is 13.8 Å². The third kappa shape index (κ3) is 5.16. The predicted octanol–water partition coefficient (Wildman–Crippen LogP) is 2.29. The number of amides is 1. The van der Waals surface area contributed by atoms with E-state index in [4.69, 9.17) is 9.47 Å². The zero-order valence-corrected chi connectivity index (χ0v) is 15.7. The van der Waals surface area contributed by atoms with Crippen LogP contribution in [0.25, 0.3) is 0 Å². The van der Waals surface area contributed by atoms with Gasteiger partial charge in [0.15, 0.2) is 6.10 Å². The van der Waals surface area contributed by atoms with Crippen LogP contribution in [-0.4, -0.2) is 35.6 Å². The van der Waals surface area contributed by atoms with Crippen LogP contribution in [-0.2, 0) is 26.9 Å². The van der Waals surface area contributed by atoms with Crippen molar-refractivity contribution in [1.29, 1.82) is 0 Å². The summed E-state index contributed by atoms with van der Waals surface area (Å²) in [6, 6.07) is 13.7. The lowest BCUT2D eigenvalue weighted by Gasteiger charge is -2.14. The molecule has 138 valence electrons. The summed E-state index contributed by atoms with van der Waals surface area (Å²) in [5.74, 6) is -0.360. The van der Waals surface area contributed by atoms with E-state index in [-0.39, 0.29) is 5.56 Å². The largest absolute Gasteiger partial charge is 0.497 e. The predicted molar refractivity (Wildman–Crippen MR) is 98.5 cm³/mol. The number of nitrogens with one attached hydrogen (secondary N) is 1. The van der Waals surface area contributed by atoms with Gasteiger partial charge in [-0.1, -0.05) is 24.3 Å². The molecule has 6 nitrogen and oxygen atoms in total. The van der Waals surface area contributed by atoms with Crippen LogP contribution in [0.3, 0.4) is 0 Å². The van der Waals surface area contributed by atoms with Crippen molar-refractivity contribution in [2.75, 3.05) is 13.4 Å². The summed E-state index contributed by atoms with van der Waals surface area (Å²) < 4.78 is 22.0. The molecule has 2 aromatic rings. The second-order valence-corrected chi connectivity index (χ2v) is 6.91. The summed E-state index contributed by atoms with van der Waals surface area (Å²) in [5, 5.41) is 2.71. The van der Waals surface area contributed by atoms with E-state index < -0.39 is 28.8 Å². The number of esters is 1. The van der Waals surface area contributed by atoms with Crippen LogP contribution in [0.5, 0.6) is 5.75 Å². The van der Waals surface area contributed by atoms with Crippen molar-refractivity contribution in [2.45, 2.75) is 24.5 Å². The van der Waals surface area contributed by atoms with Gasteiger partial charge in [0.25, 0.3) is 5.91 Å². The maximum Gasteiger partial charge on any atom is 0.340 e. The van der Waals surface area contributed by atoms with Crippen molar-refractivity contribution >= 4 is 22.7 Å². The van der Waals surface area contributed by atoms with E-state index in [1.54, 1.807) is 37.4 Å². The quantitative estimate of drug-likeness (QED) is 0.751. The standard InChI is InChI=1S/C19H21NO5S/c1-13(18(21)20-12-14-8-10-15(24-2)11-9-14)25-19(22)16-6-4-5-7-17(16)26(3)23/h4-11,13H,12H2,1-3H3,(H,20,21)/t13-,26+/m0/s1. The molecule has 0 heterocycles. The van der Waals surface area contributed by atoms with Gasteiger partial charge in [-0.15, -0.1) is 0 Å². The molecule has 2 aromatic carbocycles. The van der Waals surface area contributed by atoms with E-state index in [1.807, 2.05) is 12.1 Å². The molecule has 0 saturated heterocycles. The highest BCUT2D eigenvalue weighted by Gasteiger charge is 2.21. The fourth-order valence-corrected chi connectivity index (χ4v) is 2.97. The Morgan fingerprint density at radius 1 is 1.12 bits per heavy atom. The maximum atomic E-state index is 12.3. The van der Waals surface area contributed by atoms with Gasteiger partial charge in [0.2, 0.25) is 0 Å². The van der Waals surface area contributed by atoms with Gasteiger partial charge < -0.3 is 14.8 Å². The molecule has 0 aliphatic rings. The van der Waals surface area contributed by atoms with Gasteiger partial charge in [-0.3, -0.25) is 9.00 Å². The first-order chi connectivity index (χ1) is 12.4. The van der Waals surface area contributed by atoms with Crippen LogP contribution in [0.1, 0.15) is 22.8 Å². The van der Waals surface area contributed by atoms with E-state index in [1.165, 1.54) is 19.2 Å². The molecule has 0 fully saturated rings. The smallest absolute Gasteiger partial charge is 0.340 e. The Kier molecular flexibility index (Phi) is 6.91. The Hall–Kier alpha value is -2.67. The number of rotatable bonds is 7. The van der Waals surface area contributed by atoms with E-state index in [0.717, 1.165) is 11.3 Å². The van der Waals surface area contributed by atoms with Crippen LogP contribution in [0.2, 0.25) is 0 Å². The van der Waals surface area contributed by atoms with Crippen molar-refractivity contribution < 1.29 is 23.3 Å². The molecule has 0 unspecified atom stereocenters. The Morgan fingerprint density at radius 2 is 1.77 bits per heavy atom. The minimum Gasteiger partial charge on any atom is -0.497 e. The van der Waals surface area contributed by atoms with E-state index >= 15 is 0 Å². The van der Waals surface area contributed by atoms with Crippen molar-refractivity contribution in [3.63, 3.8) is 0 Å². The molecule has 0 saturated carbocycles. The number of benzene rings is 2. The summed E-state index contributed by atoms with van der Waals surface area (Å²) in [5.41, 5.74) is 1.09.